The molecule has 0 spiro atoms. The van der Waals surface area contributed by atoms with Crippen LogP contribution in [0.25, 0.3) is 0 Å². The van der Waals surface area contributed by atoms with E-state index in [0.717, 1.165) is 38.5 Å². The third-order valence-electron chi connectivity index (χ3n) is 9.44. The van der Waals surface area contributed by atoms with Crippen LogP contribution in [0, 0.1) is 5.92 Å². The van der Waals surface area contributed by atoms with E-state index in [2.05, 4.69) is 19.2 Å². The molecule has 0 radical (unpaired) electrons. The summed E-state index contributed by atoms with van der Waals surface area (Å²) >= 11 is 0. The van der Waals surface area contributed by atoms with Crippen molar-refractivity contribution in [3.05, 3.63) is 0 Å². The minimum atomic E-state index is -4.94. The number of rotatable bonds is 27. The average Bonchev–Trinajstić information content (AvgIpc) is 3.37. The van der Waals surface area contributed by atoms with Gasteiger partial charge < -0.3 is 34.4 Å². The Morgan fingerprint density at radius 1 is 0.776 bits per heavy atom. The lowest BCUT2D eigenvalue weighted by Crippen LogP contribution is -2.62. The van der Waals surface area contributed by atoms with Crippen molar-refractivity contribution in [2.24, 2.45) is 5.92 Å². The van der Waals surface area contributed by atoms with Crippen LogP contribution in [-0.2, 0) is 32.9 Å². The fourth-order valence-electron chi connectivity index (χ4n) is 6.45. The first-order chi connectivity index (χ1) is 23.5. The molecule has 6 atom stereocenters. The zero-order valence-corrected chi connectivity index (χ0v) is 31.1. The van der Waals surface area contributed by atoms with E-state index in [4.69, 9.17) is 18.7 Å². The summed E-state index contributed by atoms with van der Waals surface area (Å²) in [6, 6.07) is -0.668. The van der Waals surface area contributed by atoms with Gasteiger partial charge >= 0.3 is 25.8 Å². The van der Waals surface area contributed by atoms with Gasteiger partial charge in [0.05, 0.1) is 6.61 Å². The summed E-state index contributed by atoms with van der Waals surface area (Å²) in [6.45, 7) is 5.62. The number of esters is 2. The molecule has 0 aromatic heterocycles. The van der Waals surface area contributed by atoms with E-state index in [9.17, 15) is 33.8 Å². The Kier molecular flexibility index (Phi) is 21.6. The lowest BCUT2D eigenvalue weighted by Gasteiger charge is -2.40. The monoisotopic (exact) mass is 720 g/mol. The van der Waals surface area contributed by atoms with Crippen LogP contribution in [-0.4, -0.2) is 81.7 Å². The summed E-state index contributed by atoms with van der Waals surface area (Å²) < 4.78 is 34.1. The molecular formula is C35H65N2O11P. The molecule has 2 unspecified atom stereocenters. The van der Waals surface area contributed by atoms with Gasteiger partial charge in [0.1, 0.15) is 12.3 Å². The zero-order chi connectivity index (χ0) is 36.1. The van der Waals surface area contributed by atoms with Crippen LogP contribution in [0.5, 0.6) is 0 Å². The number of aliphatic hydroxyl groups excluding tert-OH is 1. The Morgan fingerprint density at radius 2 is 1.22 bits per heavy atom. The van der Waals surface area contributed by atoms with Gasteiger partial charge in [-0.05, 0) is 19.3 Å². The van der Waals surface area contributed by atoms with E-state index in [1.54, 1.807) is 0 Å². The van der Waals surface area contributed by atoms with Gasteiger partial charge in [-0.3, -0.25) is 19.0 Å². The largest absolute Gasteiger partial charge is 0.469 e. The predicted molar refractivity (Wildman–Crippen MR) is 185 cm³/mol. The van der Waals surface area contributed by atoms with E-state index in [0.29, 0.717) is 19.3 Å². The number of urea groups is 1. The van der Waals surface area contributed by atoms with Gasteiger partial charge in [-0.25, -0.2) is 9.36 Å². The minimum Gasteiger partial charge on any atom is -0.455 e. The van der Waals surface area contributed by atoms with Crippen molar-refractivity contribution >= 4 is 25.8 Å². The number of phosphoric acid groups is 1. The van der Waals surface area contributed by atoms with Crippen LogP contribution in [0.3, 0.4) is 0 Å². The molecule has 0 aromatic rings. The van der Waals surface area contributed by atoms with Crippen molar-refractivity contribution in [2.45, 2.75) is 186 Å². The first kappa shape index (κ1) is 43.4. The van der Waals surface area contributed by atoms with Crippen molar-refractivity contribution in [1.29, 1.82) is 0 Å². The predicted octanol–water partition coefficient (Wildman–Crippen LogP) is 6.86. The highest BCUT2D eigenvalue weighted by Gasteiger charge is 2.54. The van der Waals surface area contributed by atoms with Crippen LogP contribution < -0.4 is 5.32 Å². The molecule has 0 aromatic carbocycles. The summed E-state index contributed by atoms with van der Waals surface area (Å²) in [4.78, 5) is 59.4. The topological polar surface area (TPSA) is 181 Å². The maximum atomic E-state index is 13.2. The molecule has 49 heavy (non-hydrogen) atoms. The molecule has 4 N–H and O–H groups in total. The first-order valence-corrected chi connectivity index (χ1v) is 20.5. The number of hydrogen-bond donors (Lipinski definition) is 4. The van der Waals surface area contributed by atoms with Gasteiger partial charge in [-0.15, -0.1) is 0 Å². The second kappa shape index (κ2) is 24.4. The summed E-state index contributed by atoms with van der Waals surface area (Å²) in [5.74, 6) is -1.48. The van der Waals surface area contributed by atoms with Crippen molar-refractivity contribution in [1.82, 2.24) is 10.2 Å². The van der Waals surface area contributed by atoms with E-state index in [-0.39, 0.29) is 25.3 Å². The normalized spacial score (nSPS) is 24.2. The first-order valence-electron chi connectivity index (χ1n) is 19.0. The standard InChI is InChI=1S/C35H65N2O11P/c1-4-7-9-11-13-15-17-19-21-23-29(38)47-31-28(26-45-49(42,43)44)46-34(37-25-27(6-3)33(40)36-35(37)41)32(31)48-30(39)24-22-20-18-16-14-12-10-8-5-2/h27-28,31-34,40H,4-26H2,1-3H3,(H,36,41)(H2,42,43,44)/t27?,28-,31-,32+,33?,34-/m1/s1. The highest BCUT2D eigenvalue weighted by atomic mass is 31.2. The second-order valence-corrected chi connectivity index (χ2v) is 14.9. The lowest BCUT2D eigenvalue weighted by atomic mass is 10.0. The number of ether oxygens (including phenoxy) is 3. The zero-order valence-electron chi connectivity index (χ0n) is 30.2. The van der Waals surface area contributed by atoms with Gasteiger partial charge in [-0.2, -0.15) is 0 Å². The van der Waals surface area contributed by atoms with E-state index < -0.39 is 63.2 Å². The van der Waals surface area contributed by atoms with Crippen molar-refractivity contribution in [3.63, 3.8) is 0 Å². The third kappa shape index (κ3) is 17.3. The molecule has 0 aliphatic carbocycles. The fourth-order valence-corrected chi connectivity index (χ4v) is 6.79. The average molecular weight is 721 g/mol. The Labute approximate surface area is 293 Å². The maximum Gasteiger partial charge on any atom is 0.469 e. The Morgan fingerprint density at radius 3 is 1.67 bits per heavy atom. The SMILES string of the molecule is CCCCCCCCCCCC(=O)O[C@H]1[C@H](OC(=O)CCCCCCCCCCC)[C@@H](COP(=O)(O)O)O[C@H]1N1CC(CC)C(O)NC1=O. The molecule has 2 fully saturated rings. The van der Waals surface area contributed by atoms with Gasteiger partial charge in [0.2, 0.25) is 0 Å². The number of nitrogens with zero attached hydrogens (tertiary/aromatic N) is 1. The molecule has 2 heterocycles. The molecule has 2 aliphatic heterocycles. The maximum absolute atomic E-state index is 13.2. The smallest absolute Gasteiger partial charge is 0.455 e. The summed E-state index contributed by atoms with van der Waals surface area (Å²) in [5, 5.41) is 12.8. The fraction of sp³-hybridized carbons (Fsp3) is 0.914. The summed E-state index contributed by atoms with van der Waals surface area (Å²) in [7, 11) is -4.94. The number of amides is 2. The number of hydrogen-bond acceptors (Lipinski definition) is 9. The summed E-state index contributed by atoms with van der Waals surface area (Å²) in [5.41, 5.74) is 0. The minimum absolute atomic E-state index is 0.0612. The number of unbranched alkanes of at least 4 members (excludes halogenated alkanes) is 16. The van der Waals surface area contributed by atoms with Crippen LogP contribution in [0.15, 0.2) is 0 Å². The highest BCUT2D eigenvalue weighted by Crippen LogP contribution is 2.39. The van der Waals surface area contributed by atoms with Crippen molar-refractivity contribution in [3.8, 4) is 0 Å². The molecule has 2 amide bonds. The van der Waals surface area contributed by atoms with Gasteiger partial charge in [0.25, 0.3) is 0 Å². The third-order valence-corrected chi connectivity index (χ3v) is 9.92. The molecular weight excluding hydrogens is 655 g/mol. The molecule has 0 saturated carbocycles. The Hall–Kier alpha value is -1.76. The molecule has 14 heteroatoms. The van der Waals surface area contributed by atoms with E-state index in [1.807, 2.05) is 6.92 Å². The molecule has 2 aliphatic rings. The van der Waals surface area contributed by atoms with Crippen LogP contribution in [0.4, 0.5) is 4.79 Å². The quantitative estimate of drug-likeness (QED) is 0.0396. The second-order valence-electron chi connectivity index (χ2n) is 13.6. The summed E-state index contributed by atoms with van der Waals surface area (Å²) in [6.07, 6.45) is 13.9. The van der Waals surface area contributed by atoms with Crippen molar-refractivity contribution in [2.75, 3.05) is 13.2 Å². The van der Waals surface area contributed by atoms with Crippen LogP contribution in [0.2, 0.25) is 0 Å². The number of carbonyl (C=O) groups is 3. The van der Waals surface area contributed by atoms with E-state index in [1.165, 1.54) is 69.1 Å². The van der Waals surface area contributed by atoms with Gasteiger partial charge in [-0.1, -0.05) is 124 Å². The Bertz CT molecular complexity index is 997. The van der Waals surface area contributed by atoms with Crippen LogP contribution in [0.1, 0.15) is 156 Å². The molecule has 0 bridgehead atoms. The number of carbonyl (C=O) groups excluding carboxylic acids is 3. The molecule has 13 nitrogen and oxygen atoms in total. The highest BCUT2D eigenvalue weighted by molar-refractivity contribution is 7.46. The molecule has 2 saturated heterocycles. The number of phosphoric ester groups is 1. The lowest BCUT2D eigenvalue weighted by molar-refractivity contribution is -0.170. The number of nitrogens with one attached hydrogen (secondary N) is 1. The van der Waals surface area contributed by atoms with Gasteiger partial charge in [0, 0.05) is 25.3 Å². The van der Waals surface area contributed by atoms with Crippen LogP contribution >= 0.6 is 7.82 Å². The van der Waals surface area contributed by atoms with Gasteiger partial charge in [0.15, 0.2) is 18.4 Å². The van der Waals surface area contributed by atoms with E-state index >= 15 is 0 Å². The molecule has 2 rings (SSSR count). The van der Waals surface area contributed by atoms with Crippen molar-refractivity contribution < 1.29 is 52.6 Å². The molecule has 286 valence electrons. The number of aliphatic hydroxyl groups is 1. The Balaban J connectivity index is 2.09.